The van der Waals surface area contributed by atoms with Crippen molar-refractivity contribution in [3.8, 4) is 5.69 Å². The number of hydrogen-bond acceptors (Lipinski definition) is 5. The summed E-state index contributed by atoms with van der Waals surface area (Å²) in [6.45, 7) is 1.89. The molecule has 4 fully saturated rings. The normalized spacial score (nSPS) is 30.1. The Morgan fingerprint density at radius 2 is 1.77 bits per heavy atom. The van der Waals surface area contributed by atoms with E-state index in [1.807, 2.05) is 0 Å². The molecule has 4 saturated carbocycles. The summed E-state index contributed by atoms with van der Waals surface area (Å²) in [6, 6.07) is 6.98. The summed E-state index contributed by atoms with van der Waals surface area (Å²) in [4.78, 5) is 28.7. The molecule has 0 unspecified atom stereocenters. The van der Waals surface area contributed by atoms with Crippen molar-refractivity contribution in [1.82, 2.24) is 20.1 Å². The lowest BCUT2D eigenvalue weighted by atomic mass is 9.48. The van der Waals surface area contributed by atoms with Crippen LogP contribution in [-0.4, -0.2) is 39.3 Å². The first-order valence-electron chi connectivity index (χ1n) is 10.9. The highest BCUT2D eigenvalue weighted by Crippen LogP contribution is 2.61. The van der Waals surface area contributed by atoms with Crippen LogP contribution in [0.1, 0.15) is 55.8 Å². The standard InChI is InChI=1S/C23H28N4O3/c1-15(23-9-16-6-17(10-23)8-18(7-16)11-23)26-21(28)12-30-22(29)19-2-4-20(5-3-19)27-14-24-13-25-27/h2-5,13-18H,6-12H2,1H3,(H,26,28)/t15-,16?,17?,18?,23?/m1/s1. The van der Waals surface area contributed by atoms with Crippen molar-refractivity contribution in [2.75, 3.05) is 6.61 Å². The number of carbonyl (C=O) groups is 2. The number of hydrogen-bond donors (Lipinski definition) is 1. The van der Waals surface area contributed by atoms with Crippen LogP contribution in [-0.2, 0) is 9.53 Å². The SMILES string of the molecule is C[C@@H](NC(=O)COC(=O)c1ccc(-n2cncn2)cc1)C12CC3CC(CC(C3)C1)C2. The van der Waals surface area contributed by atoms with Crippen molar-refractivity contribution in [2.45, 2.75) is 51.5 Å². The number of amides is 1. The van der Waals surface area contributed by atoms with Gasteiger partial charge in [-0.3, -0.25) is 4.79 Å². The molecule has 0 aliphatic heterocycles. The van der Waals surface area contributed by atoms with Crippen molar-refractivity contribution < 1.29 is 14.3 Å². The van der Waals surface area contributed by atoms with Gasteiger partial charge in [0.25, 0.3) is 5.91 Å². The predicted molar refractivity (Wildman–Crippen MR) is 110 cm³/mol. The number of benzene rings is 1. The van der Waals surface area contributed by atoms with E-state index in [-0.39, 0.29) is 24.0 Å². The van der Waals surface area contributed by atoms with Gasteiger partial charge in [0, 0.05) is 6.04 Å². The zero-order chi connectivity index (χ0) is 20.7. The van der Waals surface area contributed by atoms with Crippen LogP contribution in [0.3, 0.4) is 0 Å². The van der Waals surface area contributed by atoms with Gasteiger partial charge in [0.1, 0.15) is 12.7 Å². The van der Waals surface area contributed by atoms with Crippen LogP contribution >= 0.6 is 0 Å². The van der Waals surface area contributed by atoms with Gasteiger partial charge in [-0.05, 0) is 92.9 Å². The molecule has 1 N–H and O–H groups in total. The van der Waals surface area contributed by atoms with Gasteiger partial charge in [-0.15, -0.1) is 0 Å². The fourth-order valence-electron chi connectivity index (χ4n) is 6.45. The largest absolute Gasteiger partial charge is 0.452 e. The molecule has 1 aromatic carbocycles. The average Bonchev–Trinajstić information content (AvgIpc) is 3.26. The van der Waals surface area contributed by atoms with E-state index in [1.165, 1.54) is 44.9 Å². The molecule has 6 rings (SSSR count). The van der Waals surface area contributed by atoms with Crippen LogP contribution in [0.25, 0.3) is 5.69 Å². The predicted octanol–water partition coefficient (Wildman–Crippen LogP) is 3.15. The van der Waals surface area contributed by atoms with Crippen molar-refractivity contribution in [1.29, 1.82) is 0 Å². The zero-order valence-electron chi connectivity index (χ0n) is 17.3. The van der Waals surface area contributed by atoms with E-state index < -0.39 is 5.97 Å². The summed E-state index contributed by atoms with van der Waals surface area (Å²) < 4.78 is 6.86. The number of esters is 1. The fraction of sp³-hybridized carbons (Fsp3) is 0.565. The molecule has 0 spiro atoms. The Morgan fingerprint density at radius 1 is 1.13 bits per heavy atom. The molecule has 0 radical (unpaired) electrons. The Labute approximate surface area is 176 Å². The van der Waals surface area contributed by atoms with Crippen LogP contribution in [0.5, 0.6) is 0 Å². The van der Waals surface area contributed by atoms with Gasteiger partial charge in [-0.1, -0.05) is 0 Å². The molecule has 158 valence electrons. The topological polar surface area (TPSA) is 86.1 Å². The lowest BCUT2D eigenvalue weighted by Gasteiger charge is -2.59. The van der Waals surface area contributed by atoms with E-state index in [9.17, 15) is 9.59 Å². The maximum Gasteiger partial charge on any atom is 0.338 e. The molecule has 1 aromatic heterocycles. The van der Waals surface area contributed by atoms with Crippen LogP contribution in [0, 0.1) is 23.2 Å². The van der Waals surface area contributed by atoms with Gasteiger partial charge in [0.2, 0.25) is 0 Å². The first kappa shape index (κ1) is 19.3. The number of aromatic nitrogens is 3. The quantitative estimate of drug-likeness (QED) is 0.742. The van der Waals surface area contributed by atoms with Gasteiger partial charge in [-0.2, -0.15) is 5.10 Å². The van der Waals surface area contributed by atoms with Crippen LogP contribution in [0.4, 0.5) is 0 Å². The third kappa shape index (κ3) is 3.61. The monoisotopic (exact) mass is 408 g/mol. The second-order valence-electron chi connectivity index (χ2n) is 9.53. The second kappa shape index (κ2) is 7.52. The number of carbonyl (C=O) groups excluding carboxylic acids is 2. The summed E-state index contributed by atoms with van der Waals surface area (Å²) in [7, 11) is 0. The number of nitrogens with one attached hydrogen (secondary N) is 1. The summed E-state index contributed by atoms with van der Waals surface area (Å²) in [5.74, 6) is 1.81. The van der Waals surface area contributed by atoms with Crippen LogP contribution in [0.2, 0.25) is 0 Å². The second-order valence-corrected chi connectivity index (χ2v) is 9.53. The van der Waals surface area contributed by atoms with Crippen LogP contribution in [0.15, 0.2) is 36.9 Å². The minimum Gasteiger partial charge on any atom is -0.452 e. The maximum absolute atomic E-state index is 12.5. The van der Waals surface area contributed by atoms with Gasteiger partial charge in [0.05, 0.1) is 11.3 Å². The van der Waals surface area contributed by atoms with E-state index in [4.69, 9.17) is 4.74 Å². The molecule has 30 heavy (non-hydrogen) atoms. The fourth-order valence-corrected chi connectivity index (χ4v) is 6.45. The van der Waals surface area contributed by atoms with E-state index >= 15 is 0 Å². The smallest absolute Gasteiger partial charge is 0.338 e. The Balaban J connectivity index is 1.14. The number of ether oxygens (including phenoxy) is 1. The number of nitrogens with zero attached hydrogens (tertiary/aromatic N) is 3. The Kier molecular flexibility index (Phi) is 4.83. The van der Waals surface area contributed by atoms with Gasteiger partial charge in [-0.25, -0.2) is 14.5 Å². The minimum atomic E-state index is -0.502. The maximum atomic E-state index is 12.5. The molecule has 4 aliphatic rings. The van der Waals surface area contributed by atoms with Gasteiger partial charge in [0.15, 0.2) is 6.61 Å². The Morgan fingerprint density at radius 3 is 2.33 bits per heavy atom. The third-order valence-corrected chi connectivity index (χ3v) is 7.50. The molecule has 4 aliphatic carbocycles. The summed E-state index contributed by atoms with van der Waals surface area (Å²) in [5, 5.41) is 7.19. The number of rotatable bonds is 6. The van der Waals surface area contributed by atoms with E-state index in [1.54, 1.807) is 35.3 Å². The summed E-state index contributed by atoms with van der Waals surface area (Å²) >= 11 is 0. The first-order valence-corrected chi connectivity index (χ1v) is 10.9. The highest BCUT2D eigenvalue weighted by Gasteiger charge is 2.53. The molecule has 0 saturated heterocycles. The average molecular weight is 409 g/mol. The third-order valence-electron chi connectivity index (χ3n) is 7.50. The van der Waals surface area contributed by atoms with E-state index in [2.05, 4.69) is 22.3 Å². The van der Waals surface area contributed by atoms with E-state index in [0.717, 1.165) is 23.4 Å². The van der Waals surface area contributed by atoms with Crippen molar-refractivity contribution in [2.24, 2.45) is 23.2 Å². The van der Waals surface area contributed by atoms with Crippen LogP contribution < -0.4 is 5.32 Å². The highest BCUT2D eigenvalue weighted by atomic mass is 16.5. The van der Waals surface area contributed by atoms with Crippen molar-refractivity contribution in [3.05, 3.63) is 42.5 Å². The van der Waals surface area contributed by atoms with Gasteiger partial charge >= 0.3 is 5.97 Å². The first-order chi connectivity index (χ1) is 14.5. The zero-order valence-corrected chi connectivity index (χ0v) is 17.3. The molecule has 1 heterocycles. The van der Waals surface area contributed by atoms with Crippen molar-refractivity contribution in [3.63, 3.8) is 0 Å². The molecule has 7 nitrogen and oxygen atoms in total. The van der Waals surface area contributed by atoms with E-state index in [0.29, 0.717) is 5.56 Å². The summed E-state index contributed by atoms with van der Waals surface area (Å²) in [5.41, 5.74) is 1.44. The Bertz CT molecular complexity index is 887. The molecular formula is C23H28N4O3. The molecule has 4 bridgehead atoms. The molecule has 2 aromatic rings. The summed E-state index contributed by atoms with van der Waals surface area (Å²) in [6.07, 6.45) is 10.9. The van der Waals surface area contributed by atoms with Crippen molar-refractivity contribution >= 4 is 11.9 Å². The van der Waals surface area contributed by atoms with Gasteiger partial charge < -0.3 is 10.1 Å². The molecule has 1 atom stereocenters. The highest BCUT2D eigenvalue weighted by molar-refractivity contribution is 5.91. The molecule has 7 heteroatoms. The Hall–Kier alpha value is -2.70. The molecule has 1 amide bonds. The molecular weight excluding hydrogens is 380 g/mol. The lowest BCUT2D eigenvalue weighted by molar-refractivity contribution is -0.128. The lowest BCUT2D eigenvalue weighted by Crippen LogP contribution is -2.56. The minimum absolute atomic E-state index is 0.124.